The second-order valence-corrected chi connectivity index (χ2v) is 8.28. The molecule has 0 saturated carbocycles. The zero-order chi connectivity index (χ0) is 16.8. The molecule has 1 unspecified atom stereocenters. The average molecular weight is 335 g/mol. The van der Waals surface area contributed by atoms with Crippen molar-refractivity contribution in [2.75, 3.05) is 0 Å². The molecule has 0 aliphatic heterocycles. The molecule has 0 bridgehead atoms. The molecular weight excluding hydrogens is 313 g/mol. The number of nitrogens with one attached hydrogen (secondary N) is 1. The Morgan fingerprint density at radius 1 is 0.792 bits per heavy atom. The Balaban J connectivity index is 2.03. The van der Waals surface area contributed by atoms with Crippen molar-refractivity contribution < 1.29 is 4.57 Å². The fourth-order valence-corrected chi connectivity index (χ4v) is 5.43. The molecule has 0 aliphatic rings. The predicted octanol–water partition coefficient (Wildman–Crippen LogP) is 4.27. The molecule has 122 valence electrons. The van der Waals surface area contributed by atoms with Gasteiger partial charge in [0.1, 0.15) is 0 Å². The van der Waals surface area contributed by atoms with E-state index in [9.17, 15) is 4.57 Å². The van der Waals surface area contributed by atoms with Crippen LogP contribution in [-0.4, -0.2) is 0 Å². The maximum Gasteiger partial charge on any atom is 0.205 e. The summed E-state index contributed by atoms with van der Waals surface area (Å²) >= 11 is 0. The van der Waals surface area contributed by atoms with Gasteiger partial charge in [-0.15, -0.1) is 0 Å². The van der Waals surface area contributed by atoms with Gasteiger partial charge in [-0.2, -0.15) is 0 Å². The third kappa shape index (κ3) is 3.51. The van der Waals surface area contributed by atoms with Gasteiger partial charge in [-0.3, -0.25) is 9.65 Å². The minimum Gasteiger partial charge on any atom is -0.297 e. The van der Waals surface area contributed by atoms with Crippen molar-refractivity contribution in [2.45, 2.75) is 19.9 Å². The SMILES string of the molecule is CCc1ccccc1P(=O)(NCc1ccccc1)c1ccccc1. The van der Waals surface area contributed by atoms with Crippen molar-refractivity contribution in [3.63, 3.8) is 0 Å². The van der Waals surface area contributed by atoms with Gasteiger partial charge in [-0.25, -0.2) is 0 Å². The summed E-state index contributed by atoms with van der Waals surface area (Å²) in [6.45, 7) is 2.68. The summed E-state index contributed by atoms with van der Waals surface area (Å²) in [5, 5.41) is 5.14. The van der Waals surface area contributed by atoms with E-state index in [-0.39, 0.29) is 0 Å². The molecule has 24 heavy (non-hydrogen) atoms. The van der Waals surface area contributed by atoms with Gasteiger partial charge in [-0.1, -0.05) is 73.7 Å². The lowest BCUT2D eigenvalue weighted by molar-refractivity contribution is 0.577. The second kappa shape index (κ2) is 7.61. The number of benzene rings is 3. The summed E-state index contributed by atoms with van der Waals surface area (Å²) in [6, 6.07) is 27.9. The highest BCUT2D eigenvalue weighted by Gasteiger charge is 2.28. The van der Waals surface area contributed by atoms with Gasteiger partial charge in [0.05, 0.1) is 0 Å². The highest BCUT2D eigenvalue weighted by atomic mass is 31.2. The lowest BCUT2D eigenvalue weighted by Crippen LogP contribution is -2.29. The first-order valence-electron chi connectivity index (χ1n) is 8.27. The van der Waals surface area contributed by atoms with Crippen LogP contribution < -0.4 is 15.7 Å². The van der Waals surface area contributed by atoms with Crippen molar-refractivity contribution in [1.29, 1.82) is 0 Å². The Bertz CT molecular complexity index is 831. The lowest BCUT2D eigenvalue weighted by Gasteiger charge is -2.23. The predicted molar refractivity (Wildman–Crippen MR) is 102 cm³/mol. The highest BCUT2D eigenvalue weighted by molar-refractivity contribution is 7.77. The molecule has 3 aromatic rings. The van der Waals surface area contributed by atoms with E-state index in [0.29, 0.717) is 6.54 Å². The molecule has 2 nitrogen and oxygen atoms in total. The van der Waals surface area contributed by atoms with Crippen LogP contribution in [0.3, 0.4) is 0 Å². The molecule has 0 fully saturated rings. The molecule has 0 saturated heterocycles. The highest BCUT2D eigenvalue weighted by Crippen LogP contribution is 2.40. The maximum absolute atomic E-state index is 14.1. The molecule has 3 heteroatoms. The summed E-state index contributed by atoms with van der Waals surface area (Å²) in [6.07, 6.45) is 0.861. The Morgan fingerprint density at radius 3 is 2.04 bits per heavy atom. The molecule has 3 rings (SSSR count). The Labute approximate surface area is 144 Å². The van der Waals surface area contributed by atoms with Gasteiger partial charge in [0.15, 0.2) is 0 Å². The summed E-state index contributed by atoms with van der Waals surface area (Å²) in [5.41, 5.74) is 2.26. The van der Waals surface area contributed by atoms with Gasteiger partial charge in [0.25, 0.3) is 0 Å². The van der Waals surface area contributed by atoms with Crippen molar-refractivity contribution in [1.82, 2.24) is 5.09 Å². The van der Waals surface area contributed by atoms with Crippen LogP contribution >= 0.6 is 7.29 Å². The van der Waals surface area contributed by atoms with Crippen LogP contribution in [0.2, 0.25) is 0 Å². The van der Waals surface area contributed by atoms with Crippen LogP contribution in [0.15, 0.2) is 84.9 Å². The first kappa shape index (κ1) is 16.7. The number of hydrogen-bond donors (Lipinski definition) is 1. The topological polar surface area (TPSA) is 29.1 Å². The van der Waals surface area contributed by atoms with Crippen molar-refractivity contribution in [3.8, 4) is 0 Å². The van der Waals surface area contributed by atoms with E-state index in [2.05, 4.69) is 18.1 Å². The van der Waals surface area contributed by atoms with Crippen LogP contribution in [0, 0.1) is 0 Å². The quantitative estimate of drug-likeness (QED) is 0.682. The first-order chi connectivity index (χ1) is 11.7. The standard InChI is InChI=1S/C21H22NOP/c1-2-19-13-9-10-16-21(19)24(23,20-14-7-4-8-15-20)22-17-18-11-5-3-6-12-18/h3-16H,2,17H2,1H3,(H,22,23). The molecule has 0 spiro atoms. The summed E-state index contributed by atoms with van der Waals surface area (Å²) in [5.74, 6) is 0. The average Bonchev–Trinajstić information content (AvgIpc) is 2.67. The number of rotatable bonds is 6. The van der Waals surface area contributed by atoms with Crippen molar-refractivity contribution >= 4 is 17.9 Å². The van der Waals surface area contributed by atoms with E-state index in [0.717, 1.165) is 28.2 Å². The third-order valence-electron chi connectivity index (χ3n) is 4.18. The van der Waals surface area contributed by atoms with Crippen LogP contribution in [-0.2, 0) is 17.5 Å². The molecule has 1 atom stereocenters. The van der Waals surface area contributed by atoms with E-state index in [1.807, 2.05) is 78.9 Å². The van der Waals surface area contributed by atoms with Gasteiger partial charge >= 0.3 is 0 Å². The summed E-state index contributed by atoms with van der Waals surface area (Å²) in [7, 11) is -2.89. The lowest BCUT2D eigenvalue weighted by atomic mass is 10.2. The van der Waals surface area contributed by atoms with Gasteiger partial charge in [0, 0.05) is 17.2 Å². The van der Waals surface area contributed by atoms with E-state index >= 15 is 0 Å². The first-order valence-corrected chi connectivity index (χ1v) is 9.98. The molecule has 0 amide bonds. The van der Waals surface area contributed by atoms with Crippen molar-refractivity contribution in [2.24, 2.45) is 0 Å². The van der Waals surface area contributed by atoms with Crippen LogP contribution in [0.5, 0.6) is 0 Å². The molecule has 3 aromatic carbocycles. The van der Waals surface area contributed by atoms with Crippen molar-refractivity contribution in [3.05, 3.63) is 96.1 Å². The zero-order valence-electron chi connectivity index (χ0n) is 13.9. The monoisotopic (exact) mass is 335 g/mol. The van der Waals surface area contributed by atoms with Gasteiger partial charge < -0.3 is 0 Å². The third-order valence-corrected chi connectivity index (χ3v) is 6.92. The molecular formula is C21H22NOP. The molecule has 0 aromatic heterocycles. The molecule has 0 aliphatic carbocycles. The smallest absolute Gasteiger partial charge is 0.205 e. The number of hydrogen-bond acceptors (Lipinski definition) is 1. The normalized spacial score (nSPS) is 13.4. The Morgan fingerprint density at radius 2 is 1.38 bits per heavy atom. The Hall–Kier alpha value is -2.15. The largest absolute Gasteiger partial charge is 0.297 e. The fraction of sp³-hybridized carbons (Fsp3) is 0.143. The zero-order valence-corrected chi connectivity index (χ0v) is 14.7. The van der Waals surface area contributed by atoms with E-state index in [1.165, 1.54) is 0 Å². The van der Waals surface area contributed by atoms with E-state index in [1.54, 1.807) is 0 Å². The minimum atomic E-state index is -2.89. The maximum atomic E-state index is 14.1. The van der Waals surface area contributed by atoms with Crippen LogP contribution in [0.1, 0.15) is 18.1 Å². The van der Waals surface area contributed by atoms with E-state index in [4.69, 9.17) is 0 Å². The Kier molecular flexibility index (Phi) is 5.30. The molecule has 1 N–H and O–H groups in total. The fourth-order valence-electron chi connectivity index (χ4n) is 2.87. The van der Waals surface area contributed by atoms with Gasteiger partial charge in [-0.05, 0) is 35.7 Å². The van der Waals surface area contributed by atoms with E-state index < -0.39 is 7.29 Å². The van der Waals surface area contributed by atoms with Gasteiger partial charge in [0.2, 0.25) is 7.29 Å². The molecule has 0 heterocycles. The summed E-state index contributed by atoms with van der Waals surface area (Å²) in [4.78, 5) is 0. The van der Waals surface area contributed by atoms with Crippen LogP contribution in [0.4, 0.5) is 0 Å². The van der Waals surface area contributed by atoms with Crippen LogP contribution in [0.25, 0.3) is 0 Å². The minimum absolute atomic E-state index is 0.574. The molecule has 0 radical (unpaired) electrons. The summed E-state index contributed by atoms with van der Waals surface area (Å²) < 4.78 is 14.1. The second-order valence-electron chi connectivity index (χ2n) is 5.75. The number of aryl methyl sites for hydroxylation is 1.